The predicted molar refractivity (Wildman–Crippen MR) is 132 cm³/mol. The molecule has 0 radical (unpaired) electrons. The second-order valence-electron chi connectivity index (χ2n) is 8.74. The van der Waals surface area contributed by atoms with Crippen LogP contribution in [0.1, 0.15) is 23.6 Å². The zero-order valence-corrected chi connectivity index (χ0v) is 18.2. The molecule has 2 aliphatic rings. The van der Waals surface area contributed by atoms with Gasteiger partial charge in [0.15, 0.2) is 0 Å². The lowest BCUT2D eigenvalue weighted by Crippen LogP contribution is -2.44. The molecule has 3 nitrogen and oxygen atoms in total. The van der Waals surface area contributed by atoms with Crippen molar-refractivity contribution in [3.63, 3.8) is 0 Å². The Hall–Kier alpha value is -4.11. The van der Waals surface area contributed by atoms with Crippen LogP contribution >= 0.6 is 0 Å². The highest BCUT2D eigenvalue weighted by Crippen LogP contribution is 2.60. The van der Waals surface area contributed by atoms with Crippen molar-refractivity contribution in [3.05, 3.63) is 114 Å². The average Bonchev–Trinajstić information content (AvgIpc) is 3.12. The smallest absolute Gasteiger partial charge is 0.247 e. The van der Waals surface area contributed by atoms with E-state index >= 15 is 0 Å². The van der Waals surface area contributed by atoms with Gasteiger partial charge in [0, 0.05) is 34.3 Å². The van der Waals surface area contributed by atoms with E-state index in [1.807, 2.05) is 54.3 Å². The molecule has 0 aromatic heterocycles. The van der Waals surface area contributed by atoms with Gasteiger partial charge in [-0.15, -0.1) is 0 Å². The summed E-state index contributed by atoms with van der Waals surface area (Å²) in [6.07, 6.45) is 0. The van der Waals surface area contributed by atoms with E-state index in [-0.39, 0.29) is 5.91 Å². The van der Waals surface area contributed by atoms with Gasteiger partial charge in [-0.25, -0.2) is 0 Å². The number of fused-ring (bicyclic) bond motifs is 10. The summed E-state index contributed by atoms with van der Waals surface area (Å²) in [5, 5.41) is 4.27. The minimum atomic E-state index is -0.958. The number of hydrogen-bond acceptors (Lipinski definition) is 2. The van der Waals surface area contributed by atoms with E-state index in [1.165, 1.54) is 0 Å². The Morgan fingerprint density at radius 2 is 1.39 bits per heavy atom. The number of ether oxygens (including phenoxy) is 1. The predicted octanol–water partition coefficient (Wildman–Crippen LogP) is 6.80. The highest BCUT2D eigenvalue weighted by molar-refractivity contribution is 6.17. The molecule has 0 saturated heterocycles. The first-order chi connectivity index (χ1) is 16.2. The summed E-state index contributed by atoms with van der Waals surface area (Å²) in [5.74, 6) is 1.61. The lowest BCUT2D eigenvalue weighted by atomic mass is 9.66. The average molecular weight is 428 g/mol. The molecular formula is C30H21NO2. The molecule has 0 aliphatic carbocycles. The van der Waals surface area contributed by atoms with Crippen molar-refractivity contribution in [2.75, 3.05) is 11.4 Å². The number of carbonyl (C=O) groups excluding carboxylic acids is 1. The summed E-state index contributed by atoms with van der Waals surface area (Å²) in [6.45, 7) is 2.65. The van der Waals surface area contributed by atoms with Crippen molar-refractivity contribution in [1.82, 2.24) is 0 Å². The standard InChI is InChI=1S/C30H21NO2/c1-2-31-25-14-8-7-13-23(25)30(29(31)32)24-17-15-20-10-4-6-12-22(20)28(24)33-26-18-16-19-9-3-5-11-21(19)27(26)30/h3-18H,2H2,1H3. The largest absolute Gasteiger partial charge is 0.456 e. The van der Waals surface area contributed by atoms with Crippen LogP contribution < -0.4 is 9.64 Å². The molecule has 2 aliphatic heterocycles. The van der Waals surface area contributed by atoms with Gasteiger partial charge < -0.3 is 9.64 Å². The Morgan fingerprint density at radius 3 is 2.21 bits per heavy atom. The highest BCUT2D eigenvalue weighted by Gasteiger charge is 2.57. The fourth-order valence-electron chi connectivity index (χ4n) is 5.89. The molecule has 0 bridgehead atoms. The van der Waals surface area contributed by atoms with E-state index < -0.39 is 5.41 Å². The molecule has 0 fully saturated rings. The second-order valence-corrected chi connectivity index (χ2v) is 8.74. The number of amides is 1. The molecule has 7 rings (SSSR count). The number of nitrogens with zero attached hydrogens (tertiary/aromatic N) is 1. The van der Waals surface area contributed by atoms with Crippen LogP contribution in [0.3, 0.4) is 0 Å². The fourth-order valence-corrected chi connectivity index (χ4v) is 5.89. The third-order valence-electron chi connectivity index (χ3n) is 7.24. The van der Waals surface area contributed by atoms with Crippen LogP contribution in [0.5, 0.6) is 11.5 Å². The summed E-state index contributed by atoms with van der Waals surface area (Å²) in [6, 6.07) is 33.0. The quantitative estimate of drug-likeness (QED) is 0.294. The molecule has 0 saturated carbocycles. The molecule has 1 unspecified atom stereocenters. The zero-order chi connectivity index (χ0) is 22.2. The summed E-state index contributed by atoms with van der Waals surface area (Å²) >= 11 is 0. The van der Waals surface area contributed by atoms with Crippen LogP contribution in [-0.2, 0) is 10.2 Å². The first-order valence-corrected chi connectivity index (χ1v) is 11.4. The van der Waals surface area contributed by atoms with Gasteiger partial charge in [-0.05, 0) is 35.2 Å². The number of likely N-dealkylation sites (N-methyl/N-ethyl adjacent to an activating group) is 1. The van der Waals surface area contributed by atoms with Crippen LogP contribution in [0, 0.1) is 0 Å². The SMILES string of the molecule is CCN1C(=O)C2(c3ccccc31)c1ccc3ccccc3c1Oc1ccc3ccccc3c12. The lowest BCUT2D eigenvalue weighted by molar-refractivity contribution is -0.120. The Kier molecular flexibility index (Phi) is 3.61. The minimum absolute atomic E-state index is 0.0867. The Balaban J connectivity index is 1.72. The molecule has 1 atom stereocenters. The second kappa shape index (κ2) is 6.46. The van der Waals surface area contributed by atoms with Crippen molar-refractivity contribution in [2.45, 2.75) is 12.3 Å². The minimum Gasteiger partial charge on any atom is -0.456 e. The maximum Gasteiger partial charge on any atom is 0.247 e. The molecule has 1 spiro atoms. The van der Waals surface area contributed by atoms with Crippen LogP contribution in [0.2, 0.25) is 0 Å². The third-order valence-corrected chi connectivity index (χ3v) is 7.24. The Bertz CT molecular complexity index is 1620. The number of para-hydroxylation sites is 1. The van der Waals surface area contributed by atoms with Crippen molar-refractivity contribution in [1.29, 1.82) is 0 Å². The van der Waals surface area contributed by atoms with E-state index in [1.54, 1.807) is 0 Å². The highest BCUT2D eigenvalue weighted by atomic mass is 16.5. The molecule has 2 heterocycles. The van der Waals surface area contributed by atoms with Gasteiger partial charge in [0.1, 0.15) is 16.9 Å². The topological polar surface area (TPSA) is 29.5 Å². The van der Waals surface area contributed by atoms with Gasteiger partial charge in [-0.3, -0.25) is 4.79 Å². The van der Waals surface area contributed by atoms with E-state index in [0.29, 0.717) is 6.54 Å². The molecule has 33 heavy (non-hydrogen) atoms. The molecule has 158 valence electrons. The van der Waals surface area contributed by atoms with Crippen LogP contribution in [0.15, 0.2) is 97.1 Å². The van der Waals surface area contributed by atoms with Gasteiger partial charge in [-0.2, -0.15) is 0 Å². The Morgan fingerprint density at radius 1 is 0.727 bits per heavy atom. The zero-order valence-electron chi connectivity index (χ0n) is 18.2. The van der Waals surface area contributed by atoms with Gasteiger partial charge in [0.25, 0.3) is 0 Å². The van der Waals surface area contributed by atoms with Crippen molar-refractivity contribution in [3.8, 4) is 11.5 Å². The molecule has 5 aromatic carbocycles. The summed E-state index contributed by atoms with van der Waals surface area (Å²) in [5.41, 5.74) is 2.90. The third kappa shape index (κ3) is 2.17. The summed E-state index contributed by atoms with van der Waals surface area (Å²) in [7, 11) is 0. The van der Waals surface area contributed by atoms with Crippen LogP contribution in [0.4, 0.5) is 5.69 Å². The van der Waals surface area contributed by atoms with E-state index in [2.05, 4.69) is 54.6 Å². The van der Waals surface area contributed by atoms with Gasteiger partial charge in [0.2, 0.25) is 5.91 Å². The van der Waals surface area contributed by atoms with E-state index in [0.717, 1.165) is 55.4 Å². The van der Waals surface area contributed by atoms with Gasteiger partial charge >= 0.3 is 0 Å². The summed E-state index contributed by atoms with van der Waals surface area (Å²) < 4.78 is 6.65. The maximum atomic E-state index is 14.5. The monoisotopic (exact) mass is 427 g/mol. The number of carbonyl (C=O) groups is 1. The molecular weight excluding hydrogens is 406 g/mol. The first kappa shape index (κ1) is 18.5. The number of anilines is 1. The fraction of sp³-hybridized carbons (Fsp3) is 0.100. The maximum absolute atomic E-state index is 14.5. The van der Waals surface area contributed by atoms with Gasteiger partial charge in [0.05, 0.1) is 0 Å². The van der Waals surface area contributed by atoms with Gasteiger partial charge in [-0.1, -0.05) is 84.9 Å². The number of rotatable bonds is 1. The van der Waals surface area contributed by atoms with Crippen molar-refractivity contribution in [2.24, 2.45) is 0 Å². The number of hydrogen-bond donors (Lipinski definition) is 0. The van der Waals surface area contributed by atoms with Crippen molar-refractivity contribution >= 4 is 33.1 Å². The molecule has 1 amide bonds. The van der Waals surface area contributed by atoms with E-state index in [4.69, 9.17) is 4.74 Å². The molecule has 3 heteroatoms. The summed E-state index contributed by atoms with van der Waals surface area (Å²) in [4.78, 5) is 16.5. The lowest BCUT2D eigenvalue weighted by Gasteiger charge is -2.38. The normalized spacial score (nSPS) is 18.3. The number of benzene rings is 5. The van der Waals surface area contributed by atoms with E-state index in [9.17, 15) is 4.79 Å². The Labute approximate surface area is 191 Å². The van der Waals surface area contributed by atoms with Crippen molar-refractivity contribution < 1.29 is 9.53 Å². The van der Waals surface area contributed by atoms with Crippen LogP contribution in [-0.4, -0.2) is 12.5 Å². The molecule has 0 N–H and O–H groups in total. The first-order valence-electron chi connectivity index (χ1n) is 11.4. The van der Waals surface area contributed by atoms with Crippen LogP contribution in [0.25, 0.3) is 21.5 Å². The molecule has 5 aromatic rings.